The van der Waals surface area contributed by atoms with Gasteiger partial charge in [-0.1, -0.05) is 13.8 Å². The van der Waals surface area contributed by atoms with Gasteiger partial charge in [0, 0.05) is 26.1 Å². The van der Waals surface area contributed by atoms with Gasteiger partial charge in [0.1, 0.15) is 0 Å². The SMILES string of the molecule is CC1CC(=O)N(CC(C)(C)CN)N1C. The van der Waals surface area contributed by atoms with Crippen molar-refractivity contribution < 1.29 is 4.79 Å². The van der Waals surface area contributed by atoms with Crippen molar-refractivity contribution >= 4 is 5.91 Å². The molecule has 0 aliphatic carbocycles. The van der Waals surface area contributed by atoms with E-state index in [2.05, 4.69) is 20.8 Å². The third kappa shape index (κ3) is 2.25. The van der Waals surface area contributed by atoms with Crippen LogP contribution < -0.4 is 5.73 Å². The average molecular weight is 199 g/mol. The summed E-state index contributed by atoms with van der Waals surface area (Å²) in [6.45, 7) is 7.53. The van der Waals surface area contributed by atoms with Crippen LogP contribution in [0.4, 0.5) is 0 Å². The van der Waals surface area contributed by atoms with E-state index in [0.717, 1.165) is 0 Å². The highest BCUT2D eigenvalue weighted by Gasteiger charge is 2.35. The monoisotopic (exact) mass is 199 g/mol. The van der Waals surface area contributed by atoms with E-state index in [1.165, 1.54) is 0 Å². The van der Waals surface area contributed by atoms with Gasteiger partial charge >= 0.3 is 0 Å². The van der Waals surface area contributed by atoms with Gasteiger partial charge in [0.15, 0.2) is 0 Å². The highest BCUT2D eigenvalue weighted by molar-refractivity contribution is 5.78. The quantitative estimate of drug-likeness (QED) is 0.717. The number of nitrogens with zero attached hydrogens (tertiary/aromatic N) is 2. The number of carbonyl (C=O) groups excluding carboxylic acids is 1. The molecule has 0 spiro atoms. The topological polar surface area (TPSA) is 49.6 Å². The molecule has 4 nitrogen and oxygen atoms in total. The van der Waals surface area contributed by atoms with Crippen molar-refractivity contribution in [1.29, 1.82) is 0 Å². The summed E-state index contributed by atoms with van der Waals surface area (Å²) in [6.07, 6.45) is 0.622. The molecule has 1 heterocycles. The second kappa shape index (κ2) is 3.87. The Labute approximate surface area is 86.0 Å². The predicted octanol–water partition coefficient (Wildman–Crippen LogP) is 0.439. The van der Waals surface area contributed by atoms with Crippen LogP contribution in [0.1, 0.15) is 27.2 Å². The Hall–Kier alpha value is -0.610. The molecule has 1 atom stereocenters. The first-order valence-corrected chi connectivity index (χ1v) is 5.10. The zero-order chi connectivity index (χ0) is 10.9. The Balaban J connectivity index is 2.65. The summed E-state index contributed by atoms with van der Waals surface area (Å²) in [5.41, 5.74) is 5.65. The van der Waals surface area contributed by atoms with Crippen molar-refractivity contribution in [1.82, 2.24) is 10.0 Å². The van der Waals surface area contributed by atoms with Crippen molar-refractivity contribution in [2.75, 3.05) is 20.1 Å². The first-order valence-electron chi connectivity index (χ1n) is 5.10. The third-order valence-corrected chi connectivity index (χ3v) is 2.91. The molecule has 1 fully saturated rings. The Morgan fingerprint density at radius 3 is 2.50 bits per heavy atom. The van der Waals surface area contributed by atoms with E-state index in [1.807, 2.05) is 17.1 Å². The van der Waals surface area contributed by atoms with Crippen LogP contribution in [0.3, 0.4) is 0 Å². The van der Waals surface area contributed by atoms with Gasteiger partial charge in [-0.2, -0.15) is 0 Å². The molecule has 0 radical (unpaired) electrons. The predicted molar refractivity (Wildman–Crippen MR) is 56.4 cm³/mol. The summed E-state index contributed by atoms with van der Waals surface area (Å²) >= 11 is 0. The highest BCUT2D eigenvalue weighted by atomic mass is 16.2. The summed E-state index contributed by atoms with van der Waals surface area (Å²) in [4.78, 5) is 11.6. The van der Waals surface area contributed by atoms with E-state index in [9.17, 15) is 4.79 Å². The van der Waals surface area contributed by atoms with Crippen molar-refractivity contribution in [2.24, 2.45) is 11.1 Å². The molecule has 1 aliphatic heterocycles. The number of hydrogen-bond acceptors (Lipinski definition) is 3. The van der Waals surface area contributed by atoms with Crippen LogP contribution in [-0.2, 0) is 4.79 Å². The minimum atomic E-state index is -0.00597. The molecule has 4 heteroatoms. The van der Waals surface area contributed by atoms with Crippen LogP contribution in [0.2, 0.25) is 0 Å². The van der Waals surface area contributed by atoms with Crippen molar-refractivity contribution in [3.63, 3.8) is 0 Å². The molecule has 2 N–H and O–H groups in total. The largest absolute Gasteiger partial charge is 0.330 e. The molecular formula is C10H21N3O. The molecule has 82 valence electrons. The Morgan fingerprint density at radius 1 is 1.57 bits per heavy atom. The van der Waals surface area contributed by atoms with Crippen LogP contribution in [0.25, 0.3) is 0 Å². The minimum Gasteiger partial charge on any atom is -0.330 e. The van der Waals surface area contributed by atoms with E-state index in [1.54, 1.807) is 0 Å². The molecule has 14 heavy (non-hydrogen) atoms. The maximum atomic E-state index is 11.6. The summed E-state index contributed by atoms with van der Waals surface area (Å²) in [7, 11) is 1.96. The van der Waals surface area contributed by atoms with Crippen LogP contribution in [-0.4, -0.2) is 42.1 Å². The van der Waals surface area contributed by atoms with Gasteiger partial charge in [0.2, 0.25) is 5.91 Å². The number of nitrogens with two attached hydrogens (primary N) is 1. The molecule has 0 aromatic rings. The Kier molecular flexibility index (Phi) is 3.17. The van der Waals surface area contributed by atoms with Gasteiger partial charge < -0.3 is 5.73 Å². The van der Waals surface area contributed by atoms with E-state index in [0.29, 0.717) is 25.6 Å². The zero-order valence-corrected chi connectivity index (χ0v) is 9.58. The smallest absolute Gasteiger partial charge is 0.238 e. The minimum absolute atomic E-state index is 0.00597. The van der Waals surface area contributed by atoms with Crippen LogP contribution in [0.15, 0.2) is 0 Å². The Bertz CT molecular complexity index is 227. The molecule has 0 saturated carbocycles. The fraction of sp³-hybridized carbons (Fsp3) is 0.900. The fourth-order valence-electron chi connectivity index (χ4n) is 1.57. The van der Waals surface area contributed by atoms with E-state index in [4.69, 9.17) is 5.73 Å². The maximum absolute atomic E-state index is 11.6. The summed E-state index contributed by atoms with van der Waals surface area (Å²) < 4.78 is 0. The first-order chi connectivity index (χ1) is 6.37. The summed E-state index contributed by atoms with van der Waals surface area (Å²) in [5, 5.41) is 3.83. The molecule has 1 aliphatic rings. The van der Waals surface area contributed by atoms with Gasteiger partial charge in [0.25, 0.3) is 0 Å². The number of rotatable bonds is 3. The molecule has 1 saturated heterocycles. The average Bonchev–Trinajstić information content (AvgIpc) is 2.32. The van der Waals surface area contributed by atoms with Gasteiger partial charge in [0.05, 0.1) is 0 Å². The van der Waals surface area contributed by atoms with Gasteiger partial charge in [-0.15, -0.1) is 0 Å². The van der Waals surface area contributed by atoms with Crippen molar-refractivity contribution in [3.05, 3.63) is 0 Å². The lowest BCUT2D eigenvalue weighted by molar-refractivity contribution is -0.139. The van der Waals surface area contributed by atoms with Gasteiger partial charge in [-0.25, -0.2) is 5.01 Å². The van der Waals surface area contributed by atoms with Crippen molar-refractivity contribution in [3.8, 4) is 0 Å². The second-order valence-corrected chi connectivity index (χ2v) is 4.95. The third-order valence-electron chi connectivity index (χ3n) is 2.91. The number of hydrazine groups is 1. The second-order valence-electron chi connectivity index (χ2n) is 4.95. The number of amides is 1. The lowest BCUT2D eigenvalue weighted by atomic mass is 9.94. The molecule has 1 unspecified atom stereocenters. The normalized spacial score (nSPS) is 24.8. The van der Waals surface area contributed by atoms with E-state index >= 15 is 0 Å². The zero-order valence-electron chi connectivity index (χ0n) is 9.58. The van der Waals surface area contributed by atoms with Crippen molar-refractivity contribution in [2.45, 2.75) is 33.2 Å². The molecule has 0 aromatic heterocycles. The van der Waals surface area contributed by atoms with E-state index < -0.39 is 0 Å². The lowest BCUT2D eigenvalue weighted by Gasteiger charge is -2.33. The van der Waals surface area contributed by atoms with Crippen LogP contribution >= 0.6 is 0 Å². The number of carbonyl (C=O) groups is 1. The van der Waals surface area contributed by atoms with Crippen LogP contribution in [0.5, 0.6) is 0 Å². The maximum Gasteiger partial charge on any atom is 0.238 e. The molecule has 1 rings (SSSR count). The van der Waals surface area contributed by atoms with E-state index in [-0.39, 0.29) is 11.3 Å². The number of hydrogen-bond donors (Lipinski definition) is 1. The highest BCUT2D eigenvalue weighted by Crippen LogP contribution is 2.23. The lowest BCUT2D eigenvalue weighted by Crippen LogP contribution is -2.46. The van der Waals surface area contributed by atoms with Gasteiger partial charge in [-0.05, 0) is 18.9 Å². The molecular weight excluding hydrogens is 178 g/mol. The molecule has 0 aromatic carbocycles. The first kappa shape index (κ1) is 11.5. The fourth-order valence-corrected chi connectivity index (χ4v) is 1.57. The summed E-state index contributed by atoms with van der Waals surface area (Å²) in [6, 6.07) is 0.316. The van der Waals surface area contributed by atoms with Gasteiger partial charge in [-0.3, -0.25) is 9.80 Å². The summed E-state index contributed by atoms with van der Waals surface area (Å²) in [5.74, 6) is 0.210. The van der Waals surface area contributed by atoms with Crippen LogP contribution in [0, 0.1) is 5.41 Å². The molecule has 1 amide bonds. The standard InChI is InChI=1S/C10H21N3O/c1-8-5-9(14)13(12(8)4)7-10(2,3)6-11/h8H,5-7,11H2,1-4H3. The Morgan fingerprint density at radius 2 is 2.14 bits per heavy atom. The molecule has 0 bridgehead atoms.